The maximum atomic E-state index is 14.4. The summed E-state index contributed by atoms with van der Waals surface area (Å²) in [6.07, 6.45) is -8.78. The first-order valence-corrected chi connectivity index (χ1v) is 31.7. The SMILES string of the molecule is CC(C)(C)OC(=O)[C@@H](Cc1cc(Br)cc(C(F)(F)F)c1)[C@H]1CCN(C(=O)OC(C)(C)C)C1.CC(C)(C)OC(=O)[C@@H](Cc1cccc(Nc2cc(C[C@H](C(=O)OC(C)(C)C)[C@H]3CCN(C(=O)OC(C)(C)C)C3)cc(C(F)(F)F)c2)c1)[C@H]1CCN(C(=O)OC(C)(C)C)C1. The molecule has 3 amide bonds. The van der Waals surface area contributed by atoms with E-state index in [9.17, 15) is 55.1 Å². The Labute approximate surface area is 541 Å². The second-order valence-electron chi connectivity index (χ2n) is 30.0. The summed E-state index contributed by atoms with van der Waals surface area (Å²) in [4.78, 5) is 83.3. The molecule has 16 nitrogen and oxygen atoms in total. The number of carbonyl (C=O) groups is 6. The van der Waals surface area contributed by atoms with Gasteiger partial charge in [-0.15, -0.1) is 0 Å². The van der Waals surface area contributed by atoms with Gasteiger partial charge in [0.25, 0.3) is 0 Å². The zero-order valence-corrected chi connectivity index (χ0v) is 57.7. The molecule has 3 aliphatic rings. The van der Waals surface area contributed by atoms with E-state index in [1.54, 1.807) is 160 Å². The number of halogens is 7. The van der Waals surface area contributed by atoms with Crippen molar-refractivity contribution in [3.8, 4) is 0 Å². The van der Waals surface area contributed by atoms with Crippen LogP contribution >= 0.6 is 15.9 Å². The van der Waals surface area contributed by atoms with Crippen molar-refractivity contribution in [2.45, 2.75) is 209 Å². The summed E-state index contributed by atoms with van der Waals surface area (Å²) >= 11 is 3.14. The summed E-state index contributed by atoms with van der Waals surface area (Å²) in [6, 6.07) is 14.4. The molecular weight excluding hydrogens is 1260 g/mol. The largest absolute Gasteiger partial charge is 0.460 e. The lowest BCUT2D eigenvalue weighted by atomic mass is 9.85. The Bertz CT molecular complexity index is 3040. The van der Waals surface area contributed by atoms with E-state index < -0.39 is 111 Å². The lowest BCUT2D eigenvalue weighted by Crippen LogP contribution is -2.38. The highest BCUT2D eigenvalue weighted by molar-refractivity contribution is 9.10. The molecule has 0 unspecified atom stereocenters. The fourth-order valence-electron chi connectivity index (χ4n) is 11.0. The third-order valence-electron chi connectivity index (χ3n) is 14.7. The van der Waals surface area contributed by atoms with Crippen molar-refractivity contribution in [2.24, 2.45) is 35.5 Å². The highest BCUT2D eigenvalue weighted by Crippen LogP contribution is 2.39. The fraction of sp³-hybridized carbons (Fsp3) is 0.647. The molecule has 0 spiro atoms. The number of nitrogens with zero attached hydrogens (tertiary/aromatic N) is 3. The molecule has 3 aromatic carbocycles. The fourth-order valence-corrected chi connectivity index (χ4v) is 11.5. The van der Waals surface area contributed by atoms with Gasteiger partial charge in [-0.25, -0.2) is 14.4 Å². The Morgan fingerprint density at radius 1 is 0.429 bits per heavy atom. The molecule has 23 heteroatoms. The second kappa shape index (κ2) is 29.4. The zero-order chi connectivity index (χ0) is 68.8. The topological polar surface area (TPSA) is 180 Å². The Morgan fingerprint density at radius 3 is 1.07 bits per heavy atom. The molecule has 3 saturated heterocycles. The number of alkyl halides is 6. The lowest BCUT2D eigenvalue weighted by Gasteiger charge is -2.28. The number of amides is 3. The van der Waals surface area contributed by atoms with Crippen LogP contribution in [-0.4, -0.2) is 124 Å². The molecule has 0 radical (unpaired) electrons. The van der Waals surface area contributed by atoms with Crippen LogP contribution in [0.2, 0.25) is 0 Å². The number of likely N-dealkylation sites (tertiary alicyclic amines) is 3. The van der Waals surface area contributed by atoms with Crippen LogP contribution in [0.5, 0.6) is 0 Å². The number of anilines is 2. The Hall–Kier alpha value is -6.26. The zero-order valence-electron chi connectivity index (χ0n) is 56.1. The molecule has 0 saturated carbocycles. The number of carbonyl (C=O) groups excluding carboxylic acids is 6. The van der Waals surface area contributed by atoms with Crippen molar-refractivity contribution in [3.63, 3.8) is 0 Å². The van der Waals surface area contributed by atoms with Crippen LogP contribution in [0.1, 0.15) is 172 Å². The second-order valence-corrected chi connectivity index (χ2v) is 31.0. The van der Waals surface area contributed by atoms with Crippen molar-refractivity contribution >= 4 is 63.5 Å². The number of rotatable bonds is 14. The highest BCUT2D eigenvalue weighted by Gasteiger charge is 2.44. The van der Waals surface area contributed by atoms with Crippen LogP contribution in [0.25, 0.3) is 0 Å². The van der Waals surface area contributed by atoms with Crippen molar-refractivity contribution in [1.29, 1.82) is 0 Å². The first-order valence-electron chi connectivity index (χ1n) is 31.0. The van der Waals surface area contributed by atoms with Gasteiger partial charge in [-0.05, 0) is 246 Å². The summed E-state index contributed by atoms with van der Waals surface area (Å²) in [5, 5.41) is 3.13. The molecule has 1 N–H and O–H groups in total. The molecule has 3 aliphatic heterocycles. The van der Waals surface area contributed by atoms with Crippen molar-refractivity contribution < 1.29 is 83.5 Å². The minimum Gasteiger partial charge on any atom is -0.460 e. The Kier molecular flexibility index (Phi) is 24.3. The predicted molar refractivity (Wildman–Crippen MR) is 337 cm³/mol. The molecule has 6 atom stereocenters. The van der Waals surface area contributed by atoms with Gasteiger partial charge in [-0.3, -0.25) is 14.4 Å². The Balaban J connectivity index is 0.000000395. The summed E-state index contributed by atoms with van der Waals surface area (Å²) in [6.45, 7) is 33.7. The number of nitrogens with one attached hydrogen (secondary N) is 1. The summed E-state index contributed by atoms with van der Waals surface area (Å²) in [7, 11) is 0. The molecule has 0 bridgehead atoms. The first-order chi connectivity index (χ1) is 41.4. The smallest absolute Gasteiger partial charge is 0.416 e. The van der Waals surface area contributed by atoms with Crippen LogP contribution in [0.4, 0.5) is 52.1 Å². The summed E-state index contributed by atoms with van der Waals surface area (Å²) in [5.41, 5.74) is -4.02. The van der Waals surface area contributed by atoms with Gasteiger partial charge >= 0.3 is 48.5 Å². The third kappa shape index (κ3) is 25.3. The molecule has 3 aromatic rings. The van der Waals surface area contributed by atoms with Gasteiger partial charge in [0.05, 0.1) is 28.9 Å². The van der Waals surface area contributed by atoms with E-state index >= 15 is 0 Å². The van der Waals surface area contributed by atoms with Crippen molar-refractivity contribution in [3.05, 3.63) is 93.0 Å². The first kappa shape index (κ1) is 75.5. The van der Waals surface area contributed by atoms with E-state index in [1.165, 1.54) is 9.80 Å². The Morgan fingerprint density at radius 2 is 0.736 bits per heavy atom. The normalized spacial score (nSPS) is 18.7. The highest BCUT2D eigenvalue weighted by atomic mass is 79.9. The molecule has 0 aliphatic carbocycles. The number of hydrogen-bond donors (Lipinski definition) is 1. The number of benzene rings is 3. The van der Waals surface area contributed by atoms with E-state index in [0.29, 0.717) is 56.7 Å². The molecule has 3 fully saturated rings. The van der Waals surface area contributed by atoms with Gasteiger partial charge in [-0.2, -0.15) is 26.3 Å². The van der Waals surface area contributed by atoms with Crippen LogP contribution in [0.3, 0.4) is 0 Å². The van der Waals surface area contributed by atoms with Gasteiger partial charge in [0.15, 0.2) is 0 Å². The third-order valence-corrected chi connectivity index (χ3v) is 15.1. The van der Waals surface area contributed by atoms with E-state index in [2.05, 4.69) is 21.2 Å². The molecule has 91 heavy (non-hydrogen) atoms. The number of esters is 3. The van der Waals surface area contributed by atoms with Gasteiger partial charge in [0, 0.05) is 55.1 Å². The van der Waals surface area contributed by atoms with E-state index in [1.807, 2.05) is 6.07 Å². The monoisotopic (exact) mass is 1350 g/mol. The van der Waals surface area contributed by atoms with Gasteiger partial charge in [-0.1, -0.05) is 28.1 Å². The lowest BCUT2D eigenvalue weighted by molar-refractivity contribution is -0.163. The van der Waals surface area contributed by atoms with Gasteiger partial charge in [0.1, 0.15) is 33.6 Å². The van der Waals surface area contributed by atoms with Crippen molar-refractivity contribution in [1.82, 2.24) is 14.7 Å². The van der Waals surface area contributed by atoms with Crippen LogP contribution in [0, 0.1) is 35.5 Å². The van der Waals surface area contributed by atoms with Crippen LogP contribution < -0.4 is 5.32 Å². The summed E-state index contributed by atoms with van der Waals surface area (Å²) < 4.78 is 117. The van der Waals surface area contributed by atoms with E-state index in [0.717, 1.165) is 29.8 Å². The molecule has 3 heterocycles. The van der Waals surface area contributed by atoms with Gasteiger partial charge in [0.2, 0.25) is 0 Å². The average Bonchev–Trinajstić information content (AvgIpc) is 1.88. The van der Waals surface area contributed by atoms with Crippen molar-refractivity contribution in [2.75, 3.05) is 44.6 Å². The standard InChI is InChI=1S/C45H64F3N3O8.C23H31BrF3NO4/c1-41(2,3)56-37(52)35(30-16-18-50(26-30)39(54)58-43(7,8)9)23-28-14-13-15-33(21-28)49-34-22-29(20-32(25-34)45(46,47)48)24-36(38(53)57-42(4,5)6)31-17-19-51(27-31)40(55)59-44(10,11)12;1-21(2,3)31-19(29)18(11-14-9-16(23(25,26)27)12-17(24)10-14)15-7-8-28(13-15)20(30)32-22(4,5)6/h13-15,20-22,25,30-31,35-36,49H,16-19,23-24,26-27H2,1-12H3;9-10,12,15,18H,7-8,11,13H2,1-6H3/t30-,31-,35-,36-;15-,18-/m00/s1. The van der Waals surface area contributed by atoms with E-state index in [-0.39, 0.29) is 65.8 Å². The van der Waals surface area contributed by atoms with E-state index in [4.69, 9.17) is 28.4 Å². The molecular formula is C68H95BrF6N4O12. The predicted octanol–water partition coefficient (Wildman–Crippen LogP) is 16.2. The number of hydrogen-bond acceptors (Lipinski definition) is 13. The molecule has 6 rings (SSSR count). The molecule has 0 aromatic heterocycles. The quantitative estimate of drug-likeness (QED) is 0.0916. The molecule has 508 valence electrons. The maximum absolute atomic E-state index is 14.4. The minimum atomic E-state index is -4.69. The van der Waals surface area contributed by atoms with Crippen LogP contribution in [0.15, 0.2) is 65.1 Å². The number of ether oxygens (including phenoxy) is 6. The van der Waals surface area contributed by atoms with Gasteiger partial charge < -0.3 is 48.4 Å². The minimum absolute atomic E-state index is 0.0559. The average molecular weight is 1350 g/mol. The maximum Gasteiger partial charge on any atom is 0.416 e. The summed E-state index contributed by atoms with van der Waals surface area (Å²) in [5.74, 6) is -4.43. The van der Waals surface area contributed by atoms with Crippen LogP contribution in [-0.2, 0) is 74.4 Å².